The van der Waals surface area contributed by atoms with Crippen LogP contribution in [-0.2, 0) is 16.0 Å². The van der Waals surface area contributed by atoms with Gasteiger partial charge in [-0.2, -0.15) is 0 Å². The molecule has 1 aromatic heterocycles. The second-order valence-corrected chi connectivity index (χ2v) is 8.19. The Morgan fingerprint density at radius 1 is 1.09 bits per heavy atom. The van der Waals surface area contributed by atoms with Crippen LogP contribution in [-0.4, -0.2) is 28.5 Å². The van der Waals surface area contributed by atoms with Crippen molar-refractivity contribution in [2.24, 2.45) is 0 Å². The summed E-state index contributed by atoms with van der Waals surface area (Å²) in [5.41, 5.74) is 1.75. The molecular weight excluding hydrogens is 450 g/mol. The Morgan fingerprint density at radius 2 is 1.85 bits per heavy atom. The number of nitrogens with one attached hydrogen (secondary N) is 1. The smallest absolute Gasteiger partial charge is 0.294 e. The monoisotopic (exact) mass is 468 g/mol. The molecule has 0 bridgehead atoms. The fourth-order valence-electron chi connectivity index (χ4n) is 3.20. The van der Waals surface area contributed by atoms with Gasteiger partial charge >= 0.3 is 0 Å². The van der Waals surface area contributed by atoms with Gasteiger partial charge in [-0.05, 0) is 60.1 Å². The molecule has 1 saturated heterocycles. The molecule has 0 aliphatic carbocycles. The normalized spacial score (nSPS) is 14.9. The van der Waals surface area contributed by atoms with Gasteiger partial charge in [0.2, 0.25) is 5.91 Å². The van der Waals surface area contributed by atoms with Crippen molar-refractivity contribution < 1.29 is 27.6 Å². The zero-order valence-corrected chi connectivity index (χ0v) is 18.2. The minimum Gasteiger partial charge on any atom is -0.457 e. The standard InChI is InChI=1S/C24H18F2N2O4S/c1-2-14-3-6-16(7-4-14)27-22(29)13-28-23(30)21(33-24(28)31)12-17-8-10-20(32-17)18-9-5-15(25)11-19(18)26/h3-12H,2,13H2,1H3,(H,27,29)/b21-12+. The van der Waals surface area contributed by atoms with E-state index in [9.17, 15) is 23.2 Å². The third-order valence-corrected chi connectivity index (χ3v) is 5.83. The van der Waals surface area contributed by atoms with Crippen LogP contribution in [0.4, 0.5) is 19.3 Å². The van der Waals surface area contributed by atoms with Crippen LogP contribution in [0.1, 0.15) is 18.2 Å². The molecule has 1 aliphatic heterocycles. The molecule has 0 spiro atoms. The first-order valence-corrected chi connectivity index (χ1v) is 10.8. The molecular formula is C24H18F2N2O4S. The van der Waals surface area contributed by atoms with Gasteiger partial charge in [-0.15, -0.1) is 0 Å². The summed E-state index contributed by atoms with van der Waals surface area (Å²) in [6.45, 7) is 1.59. The predicted octanol–water partition coefficient (Wildman–Crippen LogP) is 5.46. The van der Waals surface area contributed by atoms with Crippen molar-refractivity contribution in [1.29, 1.82) is 0 Å². The number of aryl methyl sites for hydroxylation is 1. The van der Waals surface area contributed by atoms with Crippen LogP contribution in [0.5, 0.6) is 0 Å². The van der Waals surface area contributed by atoms with E-state index in [0.717, 1.165) is 29.0 Å². The molecule has 0 atom stereocenters. The van der Waals surface area contributed by atoms with Gasteiger partial charge in [0.1, 0.15) is 29.7 Å². The SMILES string of the molecule is CCc1ccc(NC(=O)CN2C(=O)S/C(=C/c3ccc(-c4ccc(F)cc4F)o3)C2=O)cc1. The molecule has 1 aliphatic rings. The minimum absolute atomic E-state index is 0.0628. The van der Waals surface area contributed by atoms with Crippen molar-refractivity contribution in [3.05, 3.63) is 82.5 Å². The molecule has 1 N–H and O–H groups in total. The molecule has 2 heterocycles. The van der Waals surface area contributed by atoms with Crippen molar-refractivity contribution in [1.82, 2.24) is 4.90 Å². The van der Waals surface area contributed by atoms with E-state index in [1.807, 2.05) is 19.1 Å². The fourth-order valence-corrected chi connectivity index (χ4v) is 4.02. The first-order valence-electron chi connectivity index (χ1n) is 10.0. The van der Waals surface area contributed by atoms with E-state index in [4.69, 9.17) is 4.42 Å². The molecule has 0 unspecified atom stereocenters. The average molecular weight is 468 g/mol. The van der Waals surface area contributed by atoms with Crippen molar-refractivity contribution in [3.63, 3.8) is 0 Å². The zero-order valence-electron chi connectivity index (χ0n) is 17.4. The lowest BCUT2D eigenvalue weighted by atomic mass is 10.1. The largest absolute Gasteiger partial charge is 0.457 e. The highest BCUT2D eigenvalue weighted by molar-refractivity contribution is 8.18. The van der Waals surface area contributed by atoms with E-state index in [-0.39, 0.29) is 22.0 Å². The maximum atomic E-state index is 14.0. The number of carbonyl (C=O) groups excluding carboxylic acids is 3. The number of benzene rings is 2. The molecule has 3 aromatic rings. The van der Waals surface area contributed by atoms with Crippen molar-refractivity contribution in [2.45, 2.75) is 13.3 Å². The summed E-state index contributed by atoms with van der Waals surface area (Å²) in [5, 5.41) is 2.08. The summed E-state index contributed by atoms with van der Waals surface area (Å²) in [7, 11) is 0. The Bertz CT molecular complexity index is 1270. The fraction of sp³-hybridized carbons (Fsp3) is 0.125. The molecule has 33 heavy (non-hydrogen) atoms. The zero-order chi connectivity index (χ0) is 23.5. The van der Waals surface area contributed by atoms with Crippen LogP contribution < -0.4 is 5.32 Å². The molecule has 168 valence electrons. The van der Waals surface area contributed by atoms with Gasteiger partial charge in [0, 0.05) is 17.8 Å². The van der Waals surface area contributed by atoms with Gasteiger partial charge in [-0.3, -0.25) is 19.3 Å². The molecule has 6 nitrogen and oxygen atoms in total. The number of halogens is 2. The van der Waals surface area contributed by atoms with E-state index in [1.165, 1.54) is 24.3 Å². The maximum absolute atomic E-state index is 14.0. The second kappa shape index (κ2) is 9.41. The first-order chi connectivity index (χ1) is 15.8. The lowest BCUT2D eigenvalue weighted by Gasteiger charge is -2.12. The van der Waals surface area contributed by atoms with Gasteiger partial charge in [0.15, 0.2) is 0 Å². The number of hydrogen-bond donors (Lipinski definition) is 1. The molecule has 0 saturated carbocycles. The number of nitrogens with zero attached hydrogens (tertiary/aromatic N) is 1. The van der Waals surface area contributed by atoms with Gasteiger partial charge in [0.25, 0.3) is 11.1 Å². The van der Waals surface area contributed by atoms with Crippen LogP contribution in [0.15, 0.2) is 63.9 Å². The molecule has 2 aromatic carbocycles. The average Bonchev–Trinajstić information content (AvgIpc) is 3.34. The number of hydrogen-bond acceptors (Lipinski definition) is 5. The van der Waals surface area contributed by atoms with Crippen molar-refractivity contribution in [2.75, 3.05) is 11.9 Å². The number of rotatable bonds is 6. The molecule has 1 fully saturated rings. The molecule has 3 amide bonds. The third-order valence-electron chi connectivity index (χ3n) is 4.92. The number of anilines is 1. The summed E-state index contributed by atoms with van der Waals surface area (Å²) in [5.74, 6) is -2.28. The summed E-state index contributed by atoms with van der Waals surface area (Å²) in [6, 6.07) is 13.3. The highest BCUT2D eigenvalue weighted by Gasteiger charge is 2.36. The van der Waals surface area contributed by atoms with Gasteiger partial charge in [-0.1, -0.05) is 19.1 Å². The summed E-state index contributed by atoms with van der Waals surface area (Å²) in [4.78, 5) is 38.2. The maximum Gasteiger partial charge on any atom is 0.294 e. The Labute approximate surface area is 192 Å². The Kier molecular flexibility index (Phi) is 6.41. The topological polar surface area (TPSA) is 79.6 Å². The van der Waals surface area contributed by atoms with E-state index < -0.39 is 35.2 Å². The Hall–Kier alpha value is -3.72. The highest BCUT2D eigenvalue weighted by atomic mass is 32.2. The van der Waals surface area contributed by atoms with E-state index in [2.05, 4.69) is 5.32 Å². The van der Waals surface area contributed by atoms with E-state index >= 15 is 0 Å². The number of thioether (sulfide) groups is 1. The third kappa shape index (κ3) is 5.04. The lowest BCUT2D eigenvalue weighted by Crippen LogP contribution is -2.36. The van der Waals surface area contributed by atoms with E-state index in [0.29, 0.717) is 17.4 Å². The molecule has 0 radical (unpaired) electrons. The Morgan fingerprint density at radius 3 is 2.55 bits per heavy atom. The van der Waals surface area contributed by atoms with Gasteiger partial charge < -0.3 is 9.73 Å². The summed E-state index contributed by atoms with van der Waals surface area (Å²) in [6.07, 6.45) is 2.21. The van der Waals surface area contributed by atoms with E-state index in [1.54, 1.807) is 12.1 Å². The highest BCUT2D eigenvalue weighted by Crippen LogP contribution is 2.33. The lowest BCUT2D eigenvalue weighted by molar-refractivity contribution is -0.127. The van der Waals surface area contributed by atoms with Crippen LogP contribution in [0, 0.1) is 11.6 Å². The Balaban J connectivity index is 1.44. The van der Waals surface area contributed by atoms with Crippen LogP contribution in [0.3, 0.4) is 0 Å². The summed E-state index contributed by atoms with van der Waals surface area (Å²) >= 11 is 0.675. The minimum atomic E-state index is -0.786. The van der Waals surface area contributed by atoms with Crippen LogP contribution in [0.25, 0.3) is 17.4 Å². The second-order valence-electron chi connectivity index (χ2n) is 7.19. The predicted molar refractivity (Wildman–Crippen MR) is 121 cm³/mol. The number of imide groups is 1. The van der Waals surface area contributed by atoms with Crippen molar-refractivity contribution >= 4 is 40.6 Å². The quantitative estimate of drug-likeness (QED) is 0.486. The van der Waals surface area contributed by atoms with Crippen LogP contribution in [0.2, 0.25) is 0 Å². The van der Waals surface area contributed by atoms with Gasteiger partial charge in [-0.25, -0.2) is 8.78 Å². The first kappa shape index (κ1) is 22.5. The number of amides is 3. The number of furan rings is 1. The number of carbonyl (C=O) groups is 3. The molecule has 9 heteroatoms. The molecule has 4 rings (SSSR count). The van der Waals surface area contributed by atoms with Crippen LogP contribution >= 0.6 is 11.8 Å². The summed E-state index contributed by atoms with van der Waals surface area (Å²) < 4.78 is 32.6. The van der Waals surface area contributed by atoms with Crippen molar-refractivity contribution in [3.8, 4) is 11.3 Å². The van der Waals surface area contributed by atoms with Gasteiger partial charge in [0.05, 0.1) is 10.5 Å².